The highest BCUT2D eigenvalue weighted by Gasteiger charge is 2.26. The summed E-state index contributed by atoms with van der Waals surface area (Å²) >= 11 is 1.10. The largest absolute Gasteiger partial charge is 0.329 e. The van der Waals surface area contributed by atoms with E-state index in [0.717, 1.165) is 17.8 Å². The summed E-state index contributed by atoms with van der Waals surface area (Å²) in [6.07, 6.45) is 3.31. The molecular weight excluding hydrogens is 352 g/mol. The van der Waals surface area contributed by atoms with Crippen LogP contribution in [0.1, 0.15) is 20.8 Å². The smallest absolute Gasteiger partial charge is 0.284 e. The maximum Gasteiger partial charge on any atom is 0.284 e. The minimum Gasteiger partial charge on any atom is -0.329 e. The molecule has 0 aliphatic heterocycles. The minimum atomic E-state index is -3.85. The van der Waals surface area contributed by atoms with Crippen molar-refractivity contribution in [2.45, 2.75) is 41.3 Å². The number of imidazole rings is 1. The zero-order chi connectivity index (χ0) is 18.1. The van der Waals surface area contributed by atoms with Crippen LogP contribution in [0.4, 0.5) is 5.69 Å². The van der Waals surface area contributed by atoms with Gasteiger partial charge in [0, 0.05) is 31.0 Å². The van der Waals surface area contributed by atoms with Crippen LogP contribution in [0.25, 0.3) is 0 Å². The zero-order valence-electron chi connectivity index (χ0n) is 13.7. The molecule has 0 atom stereocenters. The van der Waals surface area contributed by atoms with E-state index in [9.17, 15) is 18.5 Å². The van der Waals surface area contributed by atoms with Gasteiger partial charge in [-0.05, 0) is 44.7 Å². The second-order valence-electron chi connectivity index (χ2n) is 6.16. The lowest BCUT2D eigenvalue weighted by atomic mass is 10.1. The van der Waals surface area contributed by atoms with Gasteiger partial charge in [-0.15, -0.1) is 0 Å². The Bertz CT molecular complexity index is 869. The van der Waals surface area contributed by atoms with Crippen LogP contribution in [-0.2, 0) is 17.1 Å². The molecule has 0 fully saturated rings. The monoisotopic (exact) mass is 370 g/mol. The summed E-state index contributed by atoms with van der Waals surface area (Å²) in [5, 5.41) is 11.9. The Kier molecular flexibility index (Phi) is 5.02. The molecule has 2 rings (SSSR count). The van der Waals surface area contributed by atoms with Gasteiger partial charge >= 0.3 is 0 Å². The molecule has 1 aromatic heterocycles. The molecule has 0 saturated heterocycles. The normalized spacial score (nSPS) is 12.3. The van der Waals surface area contributed by atoms with E-state index in [0.29, 0.717) is 10.1 Å². The van der Waals surface area contributed by atoms with Crippen molar-refractivity contribution in [2.24, 2.45) is 7.05 Å². The van der Waals surface area contributed by atoms with Crippen molar-refractivity contribution in [3.63, 3.8) is 0 Å². The molecule has 0 unspecified atom stereocenters. The first kappa shape index (κ1) is 18.4. The lowest BCUT2D eigenvalue weighted by Crippen LogP contribution is -2.40. The molecule has 0 aliphatic rings. The lowest BCUT2D eigenvalue weighted by molar-refractivity contribution is -0.388. The zero-order valence-corrected chi connectivity index (χ0v) is 15.3. The molecule has 1 aromatic carbocycles. The third kappa shape index (κ3) is 4.34. The number of nitrogens with zero attached hydrogens (tertiary/aromatic N) is 3. The Morgan fingerprint density at radius 1 is 1.33 bits per heavy atom. The third-order valence-electron chi connectivity index (χ3n) is 2.86. The van der Waals surface area contributed by atoms with Gasteiger partial charge in [-0.3, -0.25) is 10.1 Å². The number of rotatable bonds is 5. The van der Waals surface area contributed by atoms with Crippen LogP contribution < -0.4 is 4.72 Å². The van der Waals surface area contributed by atoms with Gasteiger partial charge in [-0.2, -0.15) is 0 Å². The number of benzene rings is 1. The molecule has 130 valence electrons. The van der Waals surface area contributed by atoms with E-state index in [1.807, 2.05) is 0 Å². The Hall–Kier alpha value is -1.91. The molecule has 0 bridgehead atoms. The van der Waals surface area contributed by atoms with E-state index in [1.165, 1.54) is 12.1 Å². The van der Waals surface area contributed by atoms with Gasteiger partial charge in [-0.25, -0.2) is 18.1 Å². The number of nitro benzene ring substituents is 1. The molecule has 24 heavy (non-hydrogen) atoms. The molecule has 0 amide bonds. The molecule has 1 N–H and O–H groups in total. The van der Waals surface area contributed by atoms with Crippen molar-refractivity contribution in [1.82, 2.24) is 14.3 Å². The maximum absolute atomic E-state index is 12.3. The number of sulfonamides is 1. The van der Waals surface area contributed by atoms with Gasteiger partial charge in [-0.1, -0.05) is 0 Å². The van der Waals surface area contributed by atoms with Gasteiger partial charge in [0.05, 0.1) is 14.7 Å². The van der Waals surface area contributed by atoms with Crippen molar-refractivity contribution in [3.05, 3.63) is 40.7 Å². The summed E-state index contributed by atoms with van der Waals surface area (Å²) in [5.41, 5.74) is -0.964. The van der Waals surface area contributed by atoms with E-state index in [1.54, 1.807) is 44.8 Å². The molecule has 8 nitrogen and oxygen atoms in total. The Morgan fingerprint density at radius 2 is 2.00 bits per heavy atom. The van der Waals surface area contributed by atoms with Gasteiger partial charge in [0.25, 0.3) is 5.69 Å². The lowest BCUT2D eigenvalue weighted by Gasteiger charge is -2.20. The first-order chi connectivity index (χ1) is 11.0. The topological polar surface area (TPSA) is 107 Å². The second-order valence-corrected chi connectivity index (χ2v) is 8.86. The van der Waals surface area contributed by atoms with Crippen molar-refractivity contribution in [2.75, 3.05) is 0 Å². The van der Waals surface area contributed by atoms with E-state index < -0.39 is 20.5 Å². The summed E-state index contributed by atoms with van der Waals surface area (Å²) in [6.45, 7) is 5.10. The van der Waals surface area contributed by atoms with Gasteiger partial charge in [0.1, 0.15) is 0 Å². The molecule has 0 aliphatic carbocycles. The number of aryl methyl sites for hydroxylation is 1. The molecule has 2 aromatic rings. The summed E-state index contributed by atoms with van der Waals surface area (Å²) in [5.74, 6) is 0. The average Bonchev–Trinajstić information content (AvgIpc) is 2.81. The first-order valence-electron chi connectivity index (χ1n) is 6.97. The van der Waals surface area contributed by atoms with Crippen LogP contribution >= 0.6 is 11.8 Å². The van der Waals surface area contributed by atoms with Gasteiger partial charge in [0.15, 0.2) is 5.16 Å². The predicted octanol–water partition coefficient (Wildman–Crippen LogP) is 2.56. The van der Waals surface area contributed by atoms with Crippen LogP contribution in [0, 0.1) is 10.1 Å². The Morgan fingerprint density at radius 3 is 2.50 bits per heavy atom. The Labute approximate surface area is 144 Å². The summed E-state index contributed by atoms with van der Waals surface area (Å²) in [6, 6.07) is 3.85. The maximum atomic E-state index is 12.3. The summed E-state index contributed by atoms with van der Waals surface area (Å²) in [7, 11) is -2.07. The van der Waals surface area contributed by atoms with E-state index in [-0.39, 0.29) is 10.6 Å². The van der Waals surface area contributed by atoms with E-state index in [4.69, 9.17) is 0 Å². The predicted molar refractivity (Wildman–Crippen MR) is 90.5 cm³/mol. The highest BCUT2D eigenvalue weighted by molar-refractivity contribution is 7.99. The van der Waals surface area contributed by atoms with Crippen LogP contribution in [0.5, 0.6) is 0 Å². The highest BCUT2D eigenvalue weighted by Crippen LogP contribution is 2.35. The van der Waals surface area contributed by atoms with Crippen molar-refractivity contribution < 1.29 is 13.3 Å². The van der Waals surface area contributed by atoms with Gasteiger partial charge < -0.3 is 4.57 Å². The quantitative estimate of drug-likeness (QED) is 0.640. The molecule has 0 radical (unpaired) electrons. The fourth-order valence-corrected chi connectivity index (χ4v) is 4.23. The average molecular weight is 370 g/mol. The van der Waals surface area contributed by atoms with Gasteiger partial charge in [0.2, 0.25) is 10.0 Å². The number of nitro groups is 1. The van der Waals surface area contributed by atoms with E-state index in [2.05, 4.69) is 9.71 Å². The van der Waals surface area contributed by atoms with Crippen LogP contribution in [-0.4, -0.2) is 28.4 Å². The molecule has 10 heteroatoms. The van der Waals surface area contributed by atoms with Crippen molar-refractivity contribution in [1.29, 1.82) is 0 Å². The van der Waals surface area contributed by atoms with Crippen LogP contribution in [0.15, 0.2) is 45.5 Å². The van der Waals surface area contributed by atoms with E-state index >= 15 is 0 Å². The number of aromatic nitrogens is 2. The standard InChI is InChI=1S/C14H18N4O4S2/c1-14(2,3)16-24(21,22)10-5-6-12(11(9-10)18(19)20)23-13-15-7-8-17(13)4/h5-9,16H,1-4H3. The van der Waals surface area contributed by atoms with Crippen molar-refractivity contribution >= 4 is 27.5 Å². The molecular formula is C14H18N4O4S2. The van der Waals surface area contributed by atoms with Crippen LogP contribution in [0.3, 0.4) is 0 Å². The number of hydrogen-bond donors (Lipinski definition) is 1. The summed E-state index contributed by atoms with van der Waals surface area (Å²) < 4.78 is 28.9. The SMILES string of the molecule is Cn1ccnc1Sc1ccc(S(=O)(=O)NC(C)(C)C)cc1[N+](=O)[O-]. The molecule has 0 saturated carbocycles. The highest BCUT2D eigenvalue weighted by atomic mass is 32.2. The minimum absolute atomic E-state index is 0.145. The number of nitrogens with one attached hydrogen (secondary N) is 1. The van der Waals surface area contributed by atoms with Crippen LogP contribution in [0.2, 0.25) is 0 Å². The second kappa shape index (κ2) is 6.54. The molecule has 0 spiro atoms. The fraction of sp³-hybridized carbons (Fsp3) is 0.357. The fourth-order valence-electron chi connectivity index (χ4n) is 1.90. The number of hydrogen-bond acceptors (Lipinski definition) is 6. The first-order valence-corrected chi connectivity index (χ1v) is 9.27. The Balaban J connectivity index is 2.44. The van der Waals surface area contributed by atoms with Crippen molar-refractivity contribution in [3.8, 4) is 0 Å². The third-order valence-corrected chi connectivity index (χ3v) is 5.75. The summed E-state index contributed by atoms with van der Waals surface area (Å²) in [4.78, 5) is 15.0. The molecule has 1 heterocycles.